The molecule has 1 nitrogen and oxygen atoms in total. The summed E-state index contributed by atoms with van der Waals surface area (Å²) < 4.78 is 5.72. The first-order valence-corrected chi connectivity index (χ1v) is 14.6. The molecule has 0 N–H and O–H groups in total. The molecule has 8 atom stereocenters. The SMILES string of the molecule is CC.CC(C)CCCC(C)C1CCC2C3CC=C4CC(OI)CCC4(C)C3CCC12C. The maximum absolute atomic E-state index is 5.72. The van der Waals surface area contributed by atoms with Gasteiger partial charge in [0, 0.05) is 0 Å². The molecule has 0 bridgehead atoms. The van der Waals surface area contributed by atoms with Crippen LogP contribution < -0.4 is 0 Å². The van der Waals surface area contributed by atoms with Crippen molar-refractivity contribution in [3.05, 3.63) is 11.6 Å². The van der Waals surface area contributed by atoms with Gasteiger partial charge >= 0.3 is 0 Å². The van der Waals surface area contributed by atoms with Crippen LogP contribution in [0.4, 0.5) is 0 Å². The highest BCUT2D eigenvalue weighted by molar-refractivity contribution is 14.1. The second kappa shape index (κ2) is 10.8. The first-order chi connectivity index (χ1) is 14.8. The normalized spacial score (nSPS) is 42.6. The molecule has 180 valence electrons. The molecular weight excluding hydrogens is 491 g/mol. The van der Waals surface area contributed by atoms with E-state index in [0.717, 1.165) is 35.5 Å². The minimum Gasteiger partial charge on any atom is -0.312 e. The molecule has 0 amide bonds. The van der Waals surface area contributed by atoms with Crippen molar-refractivity contribution in [2.24, 2.45) is 46.3 Å². The lowest BCUT2D eigenvalue weighted by molar-refractivity contribution is -0.0544. The molecule has 4 aliphatic carbocycles. The highest BCUT2D eigenvalue weighted by atomic mass is 127. The van der Waals surface area contributed by atoms with Crippen LogP contribution in [0.5, 0.6) is 0 Å². The van der Waals surface area contributed by atoms with Crippen LogP contribution in [0.1, 0.15) is 119 Å². The summed E-state index contributed by atoms with van der Waals surface area (Å²) in [7, 11) is 0. The van der Waals surface area contributed by atoms with Gasteiger partial charge in [-0.15, -0.1) is 0 Å². The van der Waals surface area contributed by atoms with E-state index in [9.17, 15) is 0 Å². The second-order valence-corrected chi connectivity index (χ2v) is 12.8. The molecule has 3 saturated carbocycles. The van der Waals surface area contributed by atoms with Gasteiger partial charge < -0.3 is 3.07 Å². The predicted octanol–water partition coefficient (Wildman–Crippen LogP) is 9.79. The van der Waals surface area contributed by atoms with E-state index in [-0.39, 0.29) is 0 Å². The number of rotatable bonds is 6. The number of hydrogen-bond donors (Lipinski definition) is 0. The summed E-state index contributed by atoms with van der Waals surface area (Å²) in [5, 5.41) is 0. The zero-order valence-electron chi connectivity index (χ0n) is 21.7. The molecule has 0 heterocycles. The minimum absolute atomic E-state index is 0.461. The van der Waals surface area contributed by atoms with Crippen LogP contribution in [0.25, 0.3) is 0 Å². The largest absolute Gasteiger partial charge is 0.312 e. The van der Waals surface area contributed by atoms with Gasteiger partial charge in [-0.3, -0.25) is 0 Å². The third-order valence-electron chi connectivity index (χ3n) is 10.4. The Morgan fingerprint density at radius 3 is 2.42 bits per heavy atom. The van der Waals surface area contributed by atoms with Crippen molar-refractivity contribution in [2.75, 3.05) is 0 Å². The molecule has 4 rings (SSSR count). The smallest absolute Gasteiger partial charge is 0.110 e. The molecule has 31 heavy (non-hydrogen) atoms. The summed E-state index contributed by atoms with van der Waals surface area (Å²) >= 11 is 2.13. The monoisotopic (exact) mass is 542 g/mol. The number of hydrogen-bond acceptors (Lipinski definition) is 1. The van der Waals surface area contributed by atoms with E-state index in [2.05, 4.69) is 63.7 Å². The lowest BCUT2D eigenvalue weighted by Crippen LogP contribution is -2.50. The lowest BCUT2D eigenvalue weighted by Gasteiger charge is -2.58. The fourth-order valence-electron chi connectivity index (χ4n) is 8.73. The van der Waals surface area contributed by atoms with Gasteiger partial charge in [0.1, 0.15) is 23.0 Å². The van der Waals surface area contributed by atoms with E-state index in [1.165, 1.54) is 70.6 Å². The number of allylic oxidation sites excluding steroid dienone is 1. The Bertz CT molecular complexity index is 612. The molecule has 0 spiro atoms. The Balaban J connectivity index is 0.00000132. The van der Waals surface area contributed by atoms with E-state index in [4.69, 9.17) is 3.07 Å². The van der Waals surface area contributed by atoms with E-state index < -0.39 is 0 Å². The Labute approximate surface area is 208 Å². The van der Waals surface area contributed by atoms with Crippen LogP contribution in [0, 0.1) is 46.3 Å². The van der Waals surface area contributed by atoms with Crippen molar-refractivity contribution < 1.29 is 3.07 Å². The Morgan fingerprint density at radius 1 is 1.00 bits per heavy atom. The topological polar surface area (TPSA) is 9.23 Å². The fourth-order valence-corrected chi connectivity index (χ4v) is 9.16. The molecule has 0 aromatic carbocycles. The quantitative estimate of drug-likeness (QED) is 0.240. The van der Waals surface area contributed by atoms with Crippen LogP contribution >= 0.6 is 23.0 Å². The van der Waals surface area contributed by atoms with Crippen LogP contribution in [-0.4, -0.2) is 6.10 Å². The van der Waals surface area contributed by atoms with Crippen molar-refractivity contribution >= 4 is 23.0 Å². The fraction of sp³-hybridized carbons (Fsp3) is 0.931. The van der Waals surface area contributed by atoms with Gasteiger partial charge in [0.05, 0.1) is 6.10 Å². The van der Waals surface area contributed by atoms with Crippen molar-refractivity contribution in [3.63, 3.8) is 0 Å². The first-order valence-electron chi connectivity index (χ1n) is 13.8. The standard InChI is InChI=1S/C27H45IO.C2H6/c1-18(2)7-6-8-19(3)23-11-12-24-22-10-9-20-17-21(29-28)13-15-26(20,4)25(22)14-16-27(23,24)5;1-2/h9,18-19,21-25H,6-8,10-17H2,1-5H3;1-2H3. The minimum atomic E-state index is 0.461. The summed E-state index contributed by atoms with van der Waals surface area (Å²) in [6.45, 7) is 16.7. The van der Waals surface area contributed by atoms with Gasteiger partial charge in [-0.05, 0) is 97.7 Å². The molecule has 0 aromatic rings. The van der Waals surface area contributed by atoms with Crippen LogP contribution in [-0.2, 0) is 3.07 Å². The maximum Gasteiger partial charge on any atom is 0.110 e. The van der Waals surface area contributed by atoms with Gasteiger partial charge in [-0.1, -0.05) is 79.4 Å². The van der Waals surface area contributed by atoms with Gasteiger partial charge in [0.2, 0.25) is 0 Å². The zero-order valence-corrected chi connectivity index (χ0v) is 23.8. The lowest BCUT2D eigenvalue weighted by atomic mass is 9.47. The highest BCUT2D eigenvalue weighted by Gasteiger charge is 2.59. The van der Waals surface area contributed by atoms with Gasteiger partial charge in [-0.2, -0.15) is 0 Å². The van der Waals surface area contributed by atoms with Crippen molar-refractivity contribution in [1.82, 2.24) is 0 Å². The van der Waals surface area contributed by atoms with E-state index >= 15 is 0 Å². The first kappa shape index (κ1) is 26.0. The van der Waals surface area contributed by atoms with Crippen molar-refractivity contribution in [1.29, 1.82) is 0 Å². The number of halogens is 1. The Hall–Kier alpha value is 0.430. The molecule has 3 fully saturated rings. The molecule has 8 unspecified atom stereocenters. The average molecular weight is 543 g/mol. The third kappa shape index (κ3) is 4.96. The average Bonchev–Trinajstić information content (AvgIpc) is 3.11. The van der Waals surface area contributed by atoms with Crippen LogP contribution in [0.3, 0.4) is 0 Å². The number of fused-ring (bicyclic) bond motifs is 5. The predicted molar refractivity (Wildman–Crippen MR) is 143 cm³/mol. The second-order valence-electron chi connectivity index (χ2n) is 12.2. The molecule has 0 saturated heterocycles. The van der Waals surface area contributed by atoms with E-state index in [1.807, 2.05) is 13.8 Å². The van der Waals surface area contributed by atoms with Gasteiger partial charge in [-0.25, -0.2) is 0 Å². The summed E-state index contributed by atoms with van der Waals surface area (Å²) in [6, 6.07) is 0. The van der Waals surface area contributed by atoms with E-state index in [1.54, 1.807) is 5.57 Å². The highest BCUT2D eigenvalue weighted by Crippen LogP contribution is 2.67. The summed E-state index contributed by atoms with van der Waals surface area (Å²) in [4.78, 5) is 0. The van der Waals surface area contributed by atoms with Crippen molar-refractivity contribution in [3.8, 4) is 0 Å². The molecule has 0 aliphatic heterocycles. The third-order valence-corrected chi connectivity index (χ3v) is 11.1. The molecular formula is C29H51IO. The van der Waals surface area contributed by atoms with Gasteiger partial charge in [0.25, 0.3) is 0 Å². The molecule has 0 aromatic heterocycles. The summed E-state index contributed by atoms with van der Waals surface area (Å²) in [6.07, 6.45) is 18.6. The zero-order chi connectivity index (χ0) is 22.8. The van der Waals surface area contributed by atoms with Gasteiger partial charge in [0.15, 0.2) is 0 Å². The molecule has 0 radical (unpaired) electrons. The van der Waals surface area contributed by atoms with Crippen LogP contribution in [0.15, 0.2) is 11.6 Å². The molecule has 4 aliphatic rings. The van der Waals surface area contributed by atoms with E-state index in [0.29, 0.717) is 16.9 Å². The Morgan fingerprint density at radius 2 is 1.74 bits per heavy atom. The molecule has 2 heteroatoms. The summed E-state index contributed by atoms with van der Waals surface area (Å²) in [5.74, 6) is 5.62. The van der Waals surface area contributed by atoms with Crippen LogP contribution in [0.2, 0.25) is 0 Å². The summed E-state index contributed by atoms with van der Waals surface area (Å²) in [5.41, 5.74) is 2.84. The Kier molecular flexibility index (Phi) is 9.06. The van der Waals surface area contributed by atoms with Crippen molar-refractivity contribution in [2.45, 2.75) is 125 Å². The maximum atomic E-state index is 5.72.